The van der Waals surface area contributed by atoms with Gasteiger partial charge in [0, 0.05) is 24.2 Å². The molecule has 0 amide bonds. The van der Waals surface area contributed by atoms with Gasteiger partial charge in [-0.3, -0.25) is 9.69 Å². The number of nitrogens with zero attached hydrogens (tertiary/aromatic N) is 1. The van der Waals surface area contributed by atoms with E-state index < -0.39 is 5.97 Å². The Bertz CT molecular complexity index is 430. The molecular formula is C15H20ClNO2. The third-order valence-corrected chi connectivity index (χ3v) is 3.96. The van der Waals surface area contributed by atoms with Gasteiger partial charge in [0.05, 0.1) is 6.42 Å². The Balaban J connectivity index is 2.01. The molecule has 1 saturated carbocycles. The predicted molar refractivity (Wildman–Crippen MR) is 76.4 cm³/mol. The fourth-order valence-corrected chi connectivity index (χ4v) is 2.98. The van der Waals surface area contributed by atoms with E-state index in [-0.39, 0.29) is 6.42 Å². The van der Waals surface area contributed by atoms with E-state index >= 15 is 0 Å². The number of hydrogen-bond acceptors (Lipinski definition) is 2. The van der Waals surface area contributed by atoms with Gasteiger partial charge in [0.25, 0.3) is 0 Å². The minimum atomic E-state index is -0.728. The first-order valence-electron chi connectivity index (χ1n) is 6.85. The molecule has 0 saturated heterocycles. The average Bonchev–Trinajstić information content (AvgIpc) is 2.88. The van der Waals surface area contributed by atoms with Crippen LogP contribution in [-0.4, -0.2) is 28.6 Å². The highest BCUT2D eigenvalue weighted by Crippen LogP contribution is 2.25. The van der Waals surface area contributed by atoms with E-state index in [2.05, 4.69) is 11.0 Å². The summed E-state index contributed by atoms with van der Waals surface area (Å²) in [6.45, 7) is 1.41. The topological polar surface area (TPSA) is 40.5 Å². The number of carboxylic acids is 1. The zero-order valence-electron chi connectivity index (χ0n) is 11.0. The first-order chi connectivity index (χ1) is 9.15. The maximum Gasteiger partial charge on any atom is 0.304 e. The van der Waals surface area contributed by atoms with Gasteiger partial charge < -0.3 is 5.11 Å². The molecule has 0 heterocycles. The summed E-state index contributed by atoms with van der Waals surface area (Å²) in [4.78, 5) is 13.1. The van der Waals surface area contributed by atoms with Gasteiger partial charge in [-0.15, -0.1) is 0 Å². The van der Waals surface area contributed by atoms with Crippen LogP contribution in [0.15, 0.2) is 24.3 Å². The molecule has 1 aromatic carbocycles. The van der Waals surface area contributed by atoms with Crippen LogP contribution in [0.2, 0.25) is 5.02 Å². The minimum Gasteiger partial charge on any atom is -0.481 e. The molecule has 0 atom stereocenters. The summed E-state index contributed by atoms with van der Waals surface area (Å²) in [6.07, 6.45) is 5.07. The Kier molecular flexibility index (Phi) is 5.23. The van der Waals surface area contributed by atoms with Gasteiger partial charge in [-0.25, -0.2) is 0 Å². The van der Waals surface area contributed by atoms with Crippen LogP contribution < -0.4 is 0 Å². The van der Waals surface area contributed by atoms with Gasteiger partial charge in [-0.1, -0.05) is 36.6 Å². The third kappa shape index (κ3) is 4.51. The first-order valence-corrected chi connectivity index (χ1v) is 7.23. The molecule has 0 aliphatic heterocycles. The molecule has 1 fully saturated rings. The van der Waals surface area contributed by atoms with Crippen LogP contribution in [0.25, 0.3) is 0 Å². The molecular weight excluding hydrogens is 262 g/mol. The van der Waals surface area contributed by atoms with Gasteiger partial charge in [-0.2, -0.15) is 0 Å². The summed E-state index contributed by atoms with van der Waals surface area (Å²) in [5.41, 5.74) is 1.16. The van der Waals surface area contributed by atoms with Crippen molar-refractivity contribution in [2.75, 3.05) is 6.54 Å². The van der Waals surface area contributed by atoms with Crippen LogP contribution >= 0.6 is 11.6 Å². The molecule has 0 spiro atoms. The Labute approximate surface area is 119 Å². The van der Waals surface area contributed by atoms with Crippen molar-refractivity contribution in [3.05, 3.63) is 34.9 Å². The minimum absolute atomic E-state index is 0.205. The fourth-order valence-electron chi connectivity index (χ4n) is 2.77. The number of aliphatic carboxylic acids is 1. The predicted octanol–water partition coefficient (Wildman–Crippen LogP) is 3.56. The number of halogens is 1. The van der Waals surface area contributed by atoms with Crippen molar-refractivity contribution in [1.82, 2.24) is 4.90 Å². The molecule has 1 N–H and O–H groups in total. The highest BCUT2D eigenvalue weighted by molar-refractivity contribution is 6.30. The maximum absolute atomic E-state index is 10.8. The van der Waals surface area contributed by atoms with Crippen LogP contribution in [-0.2, 0) is 11.3 Å². The molecule has 4 heteroatoms. The van der Waals surface area contributed by atoms with Crippen LogP contribution in [0.1, 0.15) is 37.7 Å². The van der Waals surface area contributed by atoms with E-state index in [1.807, 2.05) is 18.2 Å². The molecule has 0 aromatic heterocycles. The van der Waals surface area contributed by atoms with Crippen molar-refractivity contribution < 1.29 is 9.90 Å². The summed E-state index contributed by atoms with van der Waals surface area (Å²) < 4.78 is 0. The lowest BCUT2D eigenvalue weighted by Gasteiger charge is -2.28. The summed E-state index contributed by atoms with van der Waals surface area (Å²) in [6, 6.07) is 8.35. The summed E-state index contributed by atoms with van der Waals surface area (Å²) >= 11 is 6.00. The van der Waals surface area contributed by atoms with Crippen LogP contribution in [0.5, 0.6) is 0 Å². The lowest BCUT2D eigenvalue weighted by Crippen LogP contribution is -2.34. The Morgan fingerprint density at radius 2 is 2.11 bits per heavy atom. The van der Waals surface area contributed by atoms with Crippen molar-refractivity contribution in [3.63, 3.8) is 0 Å². The highest BCUT2D eigenvalue weighted by atomic mass is 35.5. The van der Waals surface area contributed by atoms with Gasteiger partial charge in [0.15, 0.2) is 0 Å². The average molecular weight is 282 g/mol. The molecule has 0 unspecified atom stereocenters. The lowest BCUT2D eigenvalue weighted by atomic mass is 10.1. The van der Waals surface area contributed by atoms with Crippen LogP contribution in [0, 0.1) is 0 Å². The van der Waals surface area contributed by atoms with E-state index in [0.29, 0.717) is 12.6 Å². The molecule has 2 rings (SSSR count). The van der Waals surface area contributed by atoms with Crippen molar-refractivity contribution in [2.45, 2.75) is 44.7 Å². The van der Waals surface area contributed by atoms with Gasteiger partial charge in [-0.05, 0) is 30.5 Å². The Morgan fingerprint density at radius 1 is 1.37 bits per heavy atom. The molecule has 1 aliphatic rings. The number of rotatable bonds is 6. The summed E-state index contributed by atoms with van der Waals surface area (Å²) in [5.74, 6) is -0.728. The van der Waals surface area contributed by atoms with Crippen LogP contribution in [0.3, 0.4) is 0 Å². The van der Waals surface area contributed by atoms with E-state index in [1.165, 1.54) is 25.7 Å². The number of carboxylic acid groups (broad SMARTS) is 1. The molecule has 0 radical (unpaired) electrons. The Hall–Kier alpha value is -1.06. The largest absolute Gasteiger partial charge is 0.481 e. The summed E-state index contributed by atoms with van der Waals surface area (Å²) in [5, 5.41) is 9.61. The Morgan fingerprint density at radius 3 is 2.74 bits per heavy atom. The van der Waals surface area contributed by atoms with Gasteiger partial charge in [0.1, 0.15) is 0 Å². The molecule has 3 nitrogen and oxygen atoms in total. The van der Waals surface area contributed by atoms with Crippen molar-refractivity contribution in [3.8, 4) is 0 Å². The first kappa shape index (κ1) is 14.4. The highest BCUT2D eigenvalue weighted by Gasteiger charge is 2.23. The quantitative estimate of drug-likeness (QED) is 0.867. The van der Waals surface area contributed by atoms with E-state index in [1.54, 1.807) is 0 Å². The molecule has 1 aliphatic carbocycles. The molecule has 104 valence electrons. The van der Waals surface area contributed by atoms with Crippen molar-refractivity contribution in [2.24, 2.45) is 0 Å². The SMILES string of the molecule is O=C(O)CCN(Cc1cccc(Cl)c1)C1CCCC1. The lowest BCUT2D eigenvalue weighted by molar-refractivity contribution is -0.137. The van der Waals surface area contributed by atoms with Crippen LogP contribution in [0.4, 0.5) is 0 Å². The molecule has 1 aromatic rings. The zero-order chi connectivity index (χ0) is 13.7. The maximum atomic E-state index is 10.8. The smallest absolute Gasteiger partial charge is 0.304 e. The van der Waals surface area contributed by atoms with Crippen molar-refractivity contribution >= 4 is 17.6 Å². The monoisotopic (exact) mass is 281 g/mol. The summed E-state index contributed by atoms with van der Waals surface area (Å²) in [7, 11) is 0. The van der Waals surface area contributed by atoms with E-state index in [4.69, 9.17) is 16.7 Å². The van der Waals surface area contributed by atoms with Gasteiger partial charge in [0.2, 0.25) is 0 Å². The standard InChI is InChI=1S/C15H20ClNO2/c16-13-5-3-4-12(10-13)11-17(9-8-15(18)19)14-6-1-2-7-14/h3-5,10,14H,1-2,6-9,11H2,(H,18,19). The van der Waals surface area contributed by atoms with Gasteiger partial charge >= 0.3 is 5.97 Å². The second-order valence-electron chi connectivity index (χ2n) is 5.18. The number of benzene rings is 1. The fraction of sp³-hybridized carbons (Fsp3) is 0.533. The number of hydrogen-bond donors (Lipinski definition) is 1. The second-order valence-corrected chi connectivity index (χ2v) is 5.62. The zero-order valence-corrected chi connectivity index (χ0v) is 11.8. The van der Waals surface area contributed by atoms with Crippen molar-refractivity contribution in [1.29, 1.82) is 0 Å². The van der Waals surface area contributed by atoms with E-state index in [0.717, 1.165) is 17.1 Å². The third-order valence-electron chi connectivity index (χ3n) is 3.73. The second kappa shape index (κ2) is 6.92. The molecule has 0 bridgehead atoms. The van der Waals surface area contributed by atoms with E-state index in [9.17, 15) is 4.79 Å². The normalized spacial score (nSPS) is 16.1. The number of carbonyl (C=O) groups is 1. The molecule has 19 heavy (non-hydrogen) atoms.